The van der Waals surface area contributed by atoms with Gasteiger partial charge in [-0.2, -0.15) is 0 Å². The molecule has 108 valence electrons. The number of nitrogens with one attached hydrogen (secondary N) is 1. The van der Waals surface area contributed by atoms with E-state index in [0.717, 1.165) is 6.42 Å². The summed E-state index contributed by atoms with van der Waals surface area (Å²) in [7, 11) is 0. The molecule has 7 heteroatoms. The van der Waals surface area contributed by atoms with Crippen LogP contribution < -0.4 is 5.32 Å². The van der Waals surface area contributed by atoms with E-state index in [1.54, 1.807) is 0 Å². The Balaban J connectivity index is 2.74. The van der Waals surface area contributed by atoms with Crippen LogP contribution in [0.15, 0.2) is 12.1 Å². The van der Waals surface area contributed by atoms with Crippen molar-refractivity contribution in [3.63, 3.8) is 0 Å². The second-order valence-corrected chi connectivity index (χ2v) is 4.99. The van der Waals surface area contributed by atoms with Gasteiger partial charge >= 0.3 is 0 Å². The first-order valence-electron chi connectivity index (χ1n) is 5.95. The predicted molar refractivity (Wildman–Crippen MR) is 75.5 cm³/mol. The summed E-state index contributed by atoms with van der Waals surface area (Å²) in [5, 5.41) is 2.74. The molecule has 20 heavy (non-hydrogen) atoms. The van der Waals surface area contributed by atoms with E-state index in [9.17, 15) is 13.2 Å². The van der Waals surface area contributed by atoms with Crippen LogP contribution in [0, 0.1) is 5.82 Å². The summed E-state index contributed by atoms with van der Waals surface area (Å²) in [6.45, 7) is 2.46. The summed E-state index contributed by atoms with van der Waals surface area (Å²) in [6.07, 6.45) is -1.95. The maximum Gasteiger partial charge on any atom is 0.280 e. The zero-order valence-electron chi connectivity index (χ0n) is 10.5. The maximum atomic E-state index is 13.8. The van der Waals surface area contributed by atoms with Crippen molar-refractivity contribution in [3.05, 3.63) is 33.7 Å². The number of hydrogen-bond acceptors (Lipinski definition) is 2. The number of halogens is 5. The summed E-state index contributed by atoms with van der Waals surface area (Å²) >= 11 is 11.6. The largest absolute Gasteiger partial charge is 0.384 e. The quantitative estimate of drug-likeness (QED) is 0.758. The first-order chi connectivity index (χ1) is 9.45. The van der Waals surface area contributed by atoms with E-state index in [1.165, 1.54) is 12.1 Å². The summed E-state index contributed by atoms with van der Waals surface area (Å²) in [5.41, 5.74) is 0.0559. The fourth-order valence-electron chi connectivity index (χ4n) is 1.83. The molecular weight excluding hydrogens is 312 g/mol. The second-order valence-electron chi connectivity index (χ2n) is 4.20. The van der Waals surface area contributed by atoms with Gasteiger partial charge in [-0.25, -0.2) is 18.2 Å². The Bertz CT molecular complexity index is 647. The molecule has 2 aromatic rings. The number of hydrogen-bond donors (Lipinski definition) is 1. The van der Waals surface area contributed by atoms with Crippen LogP contribution in [-0.4, -0.2) is 11.5 Å². The van der Waals surface area contributed by atoms with Crippen molar-refractivity contribution >= 4 is 39.8 Å². The lowest BCUT2D eigenvalue weighted by Gasteiger charge is -2.13. The van der Waals surface area contributed by atoms with Crippen LogP contribution in [0.25, 0.3) is 10.9 Å². The Hall–Kier alpha value is -1.20. The zero-order chi connectivity index (χ0) is 14.9. The minimum absolute atomic E-state index is 0.137. The Morgan fingerprint density at radius 2 is 2.00 bits per heavy atom. The summed E-state index contributed by atoms with van der Waals surface area (Å²) in [6, 6.07) is 2.38. The molecule has 2 nitrogen and oxygen atoms in total. The first kappa shape index (κ1) is 15.2. The van der Waals surface area contributed by atoms with Crippen molar-refractivity contribution in [3.8, 4) is 0 Å². The zero-order valence-corrected chi connectivity index (χ0v) is 12.0. The van der Waals surface area contributed by atoms with Gasteiger partial charge in [-0.05, 0) is 18.6 Å². The van der Waals surface area contributed by atoms with Gasteiger partial charge in [0.1, 0.15) is 5.69 Å². The van der Waals surface area contributed by atoms with Gasteiger partial charge in [0.15, 0.2) is 5.82 Å². The topological polar surface area (TPSA) is 24.9 Å². The smallest absolute Gasteiger partial charge is 0.280 e. The molecule has 0 saturated heterocycles. The average Bonchev–Trinajstić information content (AvgIpc) is 2.41. The molecule has 0 spiro atoms. The molecule has 0 amide bonds. The van der Waals surface area contributed by atoms with Crippen LogP contribution in [0.5, 0.6) is 0 Å². The first-order valence-corrected chi connectivity index (χ1v) is 6.71. The highest BCUT2D eigenvalue weighted by Gasteiger charge is 2.18. The standard InChI is InChI=1S/C13H11Cl2F3N2/c1-2-3-19-7-5-9(13(17)18)20-8-4-6(14)12(16)11(15)10(7)8/h4-5,13H,2-3H2,1H3,(H,19,20). The Morgan fingerprint density at radius 3 is 2.60 bits per heavy atom. The number of aromatic nitrogens is 1. The number of pyridine rings is 1. The van der Waals surface area contributed by atoms with Crippen molar-refractivity contribution in [2.45, 2.75) is 19.8 Å². The third kappa shape index (κ3) is 2.79. The molecule has 0 atom stereocenters. The highest BCUT2D eigenvalue weighted by Crippen LogP contribution is 2.37. The molecule has 0 aliphatic carbocycles. The van der Waals surface area contributed by atoms with E-state index in [4.69, 9.17) is 23.2 Å². The molecule has 0 bridgehead atoms. The van der Waals surface area contributed by atoms with E-state index in [1.807, 2.05) is 6.92 Å². The van der Waals surface area contributed by atoms with Crippen molar-refractivity contribution in [2.24, 2.45) is 0 Å². The van der Waals surface area contributed by atoms with Crippen LogP contribution in [-0.2, 0) is 0 Å². The second kappa shape index (κ2) is 6.06. The molecule has 1 heterocycles. The van der Waals surface area contributed by atoms with Crippen LogP contribution >= 0.6 is 23.2 Å². The Labute approximate surface area is 123 Å². The average molecular weight is 323 g/mol. The molecule has 1 aromatic carbocycles. The SMILES string of the molecule is CCCNc1cc(C(F)F)nc2cc(Cl)c(F)c(Cl)c12. The molecule has 1 aromatic heterocycles. The molecular formula is C13H11Cl2F3N2. The van der Waals surface area contributed by atoms with Crippen LogP contribution in [0.1, 0.15) is 25.5 Å². The fraction of sp³-hybridized carbons (Fsp3) is 0.308. The van der Waals surface area contributed by atoms with E-state index >= 15 is 0 Å². The lowest BCUT2D eigenvalue weighted by Crippen LogP contribution is -2.04. The van der Waals surface area contributed by atoms with E-state index in [2.05, 4.69) is 10.3 Å². The van der Waals surface area contributed by atoms with Crippen molar-refractivity contribution in [1.29, 1.82) is 0 Å². The fourth-order valence-corrected chi connectivity index (χ4v) is 2.38. The van der Waals surface area contributed by atoms with Crippen LogP contribution in [0.4, 0.5) is 18.9 Å². The normalized spacial score (nSPS) is 11.3. The monoisotopic (exact) mass is 322 g/mol. The van der Waals surface area contributed by atoms with E-state index in [0.29, 0.717) is 12.2 Å². The van der Waals surface area contributed by atoms with Gasteiger partial charge in [-0.3, -0.25) is 0 Å². The third-order valence-corrected chi connectivity index (χ3v) is 3.37. The highest BCUT2D eigenvalue weighted by atomic mass is 35.5. The third-order valence-electron chi connectivity index (χ3n) is 2.74. The maximum absolute atomic E-state index is 13.8. The number of fused-ring (bicyclic) bond motifs is 1. The molecule has 0 saturated carbocycles. The van der Waals surface area contributed by atoms with E-state index in [-0.39, 0.29) is 20.9 Å². The number of nitrogens with zero attached hydrogens (tertiary/aromatic N) is 1. The molecule has 0 fully saturated rings. The molecule has 0 aliphatic heterocycles. The number of alkyl halides is 2. The lowest BCUT2D eigenvalue weighted by molar-refractivity contribution is 0.146. The van der Waals surface area contributed by atoms with Gasteiger partial charge < -0.3 is 5.32 Å². The van der Waals surface area contributed by atoms with Crippen LogP contribution in [0.2, 0.25) is 10.0 Å². The predicted octanol–water partition coefficient (Wildman–Crippen LogP) is 5.44. The van der Waals surface area contributed by atoms with Crippen molar-refractivity contribution in [2.75, 3.05) is 11.9 Å². The molecule has 2 rings (SSSR count). The van der Waals surface area contributed by atoms with Gasteiger partial charge in [0.25, 0.3) is 6.43 Å². The van der Waals surface area contributed by atoms with Gasteiger partial charge in [0.2, 0.25) is 0 Å². The van der Waals surface area contributed by atoms with Gasteiger partial charge in [0.05, 0.1) is 15.6 Å². The highest BCUT2D eigenvalue weighted by molar-refractivity contribution is 6.39. The van der Waals surface area contributed by atoms with Crippen molar-refractivity contribution < 1.29 is 13.2 Å². The molecule has 0 unspecified atom stereocenters. The summed E-state index contributed by atoms with van der Waals surface area (Å²) in [5.74, 6) is -0.785. The summed E-state index contributed by atoms with van der Waals surface area (Å²) < 4.78 is 39.4. The summed E-state index contributed by atoms with van der Waals surface area (Å²) in [4.78, 5) is 3.78. The van der Waals surface area contributed by atoms with Gasteiger partial charge in [-0.1, -0.05) is 30.1 Å². The minimum atomic E-state index is -2.73. The van der Waals surface area contributed by atoms with Gasteiger partial charge in [0, 0.05) is 17.6 Å². The lowest BCUT2D eigenvalue weighted by atomic mass is 10.1. The van der Waals surface area contributed by atoms with Gasteiger partial charge in [-0.15, -0.1) is 0 Å². The number of anilines is 1. The molecule has 1 N–H and O–H groups in total. The number of benzene rings is 1. The van der Waals surface area contributed by atoms with E-state index < -0.39 is 17.9 Å². The van der Waals surface area contributed by atoms with Crippen molar-refractivity contribution in [1.82, 2.24) is 4.98 Å². The molecule has 0 radical (unpaired) electrons. The number of rotatable bonds is 4. The Kier molecular flexibility index (Phi) is 4.60. The Morgan fingerprint density at radius 1 is 1.30 bits per heavy atom. The van der Waals surface area contributed by atoms with Crippen LogP contribution in [0.3, 0.4) is 0 Å². The molecule has 0 aliphatic rings. The minimum Gasteiger partial charge on any atom is -0.384 e.